The Bertz CT molecular complexity index is 915. The molecule has 0 aliphatic rings. The van der Waals surface area contributed by atoms with Gasteiger partial charge in [0.15, 0.2) is 0 Å². The van der Waals surface area contributed by atoms with Crippen molar-refractivity contribution >= 4 is 39.3 Å². The molecule has 3 rings (SSSR count). The summed E-state index contributed by atoms with van der Waals surface area (Å²) in [4.78, 5) is 12.1. The summed E-state index contributed by atoms with van der Waals surface area (Å²) in [6.07, 6.45) is 0.667. The van der Waals surface area contributed by atoms with E-state index in [9.17, 15) is 4.79 Å². The summed E-state index contributed by atoms with van der Waals surface area (Å²) in [5.41, 5.74) is 3.10. The molecule has 0 spiro atoms. The second kappa shape index (κ2) is 9.19. The van der Waals surface area contributed by atoms with Crippen molar-refractivity contribution in [3.63, 3.8) is 0 Å². The predicted molar refractivity (Wildman–Crippen MR) is 111 cm³/mol. The van der Waals surface area contributed by atoms with Crippen LogP contribution in [0.5, 0.6) is 0 Å². The number of benzene rings is 2. The first-order valence-electron chi connectivity index (χ1n) is 8.57. The number of halogens is 1. The highest BCUT2D eigenvalue weighted by Gasteiger charge is 2.14. The van der Waals surface area contributed by atoms with Crippen molar-refractivity contribution in [2.45, 2.75) is 31.4 Å². The standard InChI is InChI=1S/C20H20BrN3O2S/c1-13-8-9-17(16(21)10-13)22-18(25)12-27-20-24-23-19(26-20)11-14(2)15-6-4-3-5-7-15/h3-10,14H,11-12H2,1-2H3,(H,22,25). The van der Waals surface area contributed by atoms with Crippen molar-refractivity contribution in [1.29, 1.82) is 0 Å². The summed E-state index contributed by atoms with van der Waals surface area (Å²) in [5.74, 6) is 0.945. The second-order valence-electron chi connectivity index (χ2n) is 6.30. The van der Waals surface area contributed by atoms with E-state index < -0.39 is 0 Å². The normalized spacial score (nSPS) is 12.0. The van der Waals surface area contributed by atoms with Gasteiger partial charge in [-0.25, -0.2) is 0 Å². The number of carbonyl (C=O) groups is 1. The molecule has 1 aromatic heterocycles. The summed E-state index contributed by atoms with van der Waals surface area (Å²) in [7, 11) is 0. The number of hydrogen-bond donors (Lipinski definition) is 1. The molecule has 1 amide bonds. The van der Waals surface area contributed by atoms with Gasteiger partial charge < -0.3 is 9.73 Å². The van der Waals surface area contributed by atoms with Gasteiger partial charge in [-0.2, -0.15) is 0 Å². The number of aryl methyl sites for hydroxylation is 1. The van der Waals surface area contributed by atoms with E-state index in [0.717, 1.165) is 15.7 Å². The third kappa shape index (κ3) is 5.68. The number of rotatable bonds is 7. The van der Waals surface area contributed by atoms with Gasteiger partial charge >= 0.3 is 0 Å². The molecule has 3 aromatic rings. The highest BCUT2D eigenvalue weighted by molar-refractivity contribution is 9.10. The van der Waals surface area contributed by atoms with Crippen molar-refractivity contribution in [3.8, 4) is 0 Å². The number of hydrogen-bond acceptors (Lipinski definition) is 5. The Labute approximate surface area is 171 Å². The topological polar surface area (TPSA) is 68.0 Å². The molecule has 0 saturated heterocycles. The predicted octanol–water partition coefficient (Wildman–Crippen LogP) is 5.22. The summed E-state index contributed by atoms with van der Waals surface area (Å²) < 4.78 is 6.52. The van der Waals surface area contributed by atoms with Crippen LogP contribution in [0.1, 0.15) is 29.9 Å². The zero-order chi connectivity index (χ0) is 19.2. The van der Waals surface area contributed by atoms with Gasteiger partial charge in [0.25, 0.3) is 5.22 Å². The lowest BCUT2D eigenvalue weighted by Gasteiger charge is -2.08. The Kier molecular flexibility index (Phi) is 6.68. The molecule has 0 aliphatic carbocycles. The van der Waals surface area contributed by atoms with E-state index in [-0.39, 0.29) is 17.6 Å². The molecule has 7 heteroatoms. The van der Waals surface area contributed by atoms with E-state index in [2.05, 4.69) is 50.5 Å². The SMILES string of the molecule is Cc1ccc(NC(=O)CSc2nnc(CC(C)c3ccccc3)o2)c(Br)c1. The van der Waals surface area contributed by atoms with Crippen LogP contribution in [-0.4, -0.2) is 21.9 Å². The van der Waals surface area contributed by atoms with E-state index >= 15 is 0 Å². The van der Waals surface area contributed by atoms with Gasteiger partial charge in [0, 0.05) is 10.9 Å². The minimum Gasteiger partial charge on any atom is -0.416 e. The number of nitrogens with one attached hydrogen (secondary N) is 1. The van der Waals surface area contributed by atoms with Gasteiger partial charge in [-0.1, -0.05) is 55.1 Å². The highest BCUT2D eigenvalue weighted by atomic mass is 79.9. The third-order valence-electron chi connectivity index (χ3n) is 4.02. The van der Waals surface area contributed by atoms with Crippen molar-refractivity contribution in [2.75, 3.05) is 11.1 Å². The maximum absolute atomic E-state index is 12.1. The quantitative estimate of drug-likeness (QED) is 0.504. The lowest BCUT2D eigenvalue weighted by molar-refractivity contribution is -0.113. The van der Waals surface area contributed by atoms with Gasteiger partial charge in [0.2, 0.25) is 11.8 Å². The molecule has 1 heterocycles. The molecule has 1 unspecified atom stereocenters. The van der Waals surface area contributed by atoms with Crippen LogP contribution in [0.3, 0.4) is 0 Å². The number of amides is 1. The van der Waals surface area contributed by atoms with E-state index in [1.54, 1.807) is 0 Å². The lowest BCUT2D eigenvalue weighted by Crippen LogP contribution is -2.14. The molecular weight excluding hydrogens is 426 g/mol. The Morgan fingerprint density at radius 1 is 1.22 bits per heavy atom. The first-order valence-corrected chi connectivity index (χ1v) is 10.4. The first-order chi connectivity index (χ1) is 13.0. The minimum absolute atomic E-state index is 0.123. The largest absolute Gasteiger partial charge is 0.416 e. The third-order valence-corrected chi connectivity index (χ3v) is 5.50. The average Bonchev–Trinajstić information content (AvgIpc) is 3.10. The average molecular weight is 446 g/mol. The van der Waals surface area contributed by atoms with E-state index in [0.29, 0.717) is 17.5 Å². The van der Waals surface area contributed by atoms with Crippen LogP contribution in [0.4, 0.5) is 5.69 Å². The van der Waals surface area contributed by atoms with Gasteiger partial charge in [-0.05, 0) is 52.0 Å². The molecule has 1 N–H and O–H groups in total. The monoisotopic (exact) mass is 445 g/mol. The lowest BCUT2D eigenvalue weighted by atomic mass is 9.98. The van der Waals surface area contributed by atoms with Crippen LogP contribution in [0.15, 0.2) is 62.6 Å². The van der Waals surface area contributed by atoms with Crippen LogP contribution < -0.4 is 5.32 Å². The Morgan fingerprint density at radius 2 is 2.00 bits per heavy atom. The number of thioether (sulfide) groups is 1. The van der Waals surface area contributed by atoms with Gasteiger partial charge in [-0.3, -0.25) is 4.79 Å². The zero-order valence-corrected chi connectivity index (χ0v) is 17.5. The summed E-state index contributed by atoms with van der Waals surface area (Å²) in [6, 6.07) is 16.0. The van der Waals surface area contributed by atoms with Crippen molar-refractivity contribution < 1.29 is 9.21 Å². The molecule has 27 heavy (non-hydrogen) atoms. The highest BCUT2D eigenvalue weighted by Crippen LogP contribution is 2.25. The summed E-state index contributed by atoms with van der Waals surface area (Å²) in [5, 5.41) is 11.4. The van der Waals surface area contributed by atoms with Crippen molar-refractivity contribution in [3.05, 3.63) is 70.0 Å². The van der Waals surface area contributed by atoms with Crippen LogP contribution >= 0.6 is 27.7 Å². The van der Waals surface area contributed by atoms with E-state index in [1.165, 1.54) is 17.3 Å². The Morgan fingerprint density at radius 3 is 2.74 bits per heavy atom. The van der Waals surface area contributed by atoms with Crippen molar-refractivity contribution in [2.24, 2.45) is 0 Å². The zero-order valence-electron chi connectivity index (χ0n) is 15.1. The number of carbonyl (C=O) groups excluding carboxylic acids is 1. The Hall–Kier alpha value is -2.12. The molecule has 0 fully saturated rings. The maximum atomic E-state index is 12.1. The molecule has 0 radical (unpaired) electrons. The number of nitrogens with zero attached hydrogens (tertiary/aromatic N) is 2. The molecule has 5 nitrogen and oxygen atoms in total. The fraction of sp³-hybridized carbons (Fsp3) is 0.250. The van der Waals surface area contributed by atoms with Gasteiger partial charge in [-0.15, -0.1) is 10.2 Å². The van der Waals surface area contributed by atoms with Crippen LogP contribution in [0.25, 0.3) is 0 Å². The number of aromatic nitrogens is 2. The van der Waals surface area contributed by atoms with E-state index in [4.69, 9.17) is 4.42 Å². The molecule has 140 valence electrons. The van der Waals surface area contributed by atoms with E-state index in [1.807, 2.05) is 43.3 Å². The molecule has 0 bridgehead atoms. The molecular formula is C20H20BrN3O2S. The van der Waals surface area contributed by atoms with Crippen LogP contribution in [0.2, 0.25) is 0 Å². The summed E-state index contributed by atoms with van der Waals surface area (Å²) >= 11 is 4.69. The van der Waals surface area contributed by atoms with Crippen molar-refractivity contribution in [1.82, 2.24) is 10.2 Å². The smallest absolute Gasteiger partial charge is 0.277 e. The minimum atomic E-state index is -0.123. The Balaban J connectivity index is 1.51. The van der Waals surface area contributed by atoms with Gasteiger partial charge in [0.1, 0.15) is 0 Å². The maximum Gasteiger partial charge on any atom is 0.277 e. The van der Waals surface area contributed by atoms with Crippen LogP contribution in [-0.2, 0) is 11.2 Å². The molecule has 2 aromatic carbocycles. The molecule has 0 aliphatic heterocycles. The molecule has 1 atom stereocenters. The summed E-state index contributed by atoms with van der Waals surface area (Å²) in [6.45, 7) is 4.12. The molecule has 0 saturated carbocycles. The fourth-order valence-electron chi connectivity index (χ4n) is 2.58. The van der Waals surface area contributed by atoms with Crippen LogP contribution in [0, 0.1) is 6.92 Å². The van der Waals surface area contributed by atoms with Gasteiger partial charge in [0.05, 0.1) is 11.4 Å². The fourth-order valence-corrected chi connectivity index (χ4v) is 3.75. The first kappa shape index (κ1) is 19.6. The number of anilines is 1. The second-order valence-corrected chi connectivity index (χ2v) is 8.08.